The molecule has 1 atom stereocenters. The summed E-state index contributed by atoms with van der Waals surface area (Å²) in [6.45, 7) is 2.40. The molecule has 1 amide bonds. The molecule has 9 nitrogen and oxygen atoms in total. The topological polar surface area (TPSA) is 107 Å². The summed E-state index contributed by atoms with van der Waals surface area (Å²) in [7, 11) is 4.54. The summed E-state index contributed by atoms with van der Waals surface area (Å²) in [6.07, 6.45) is 0. The summed E-state index contributed by atoms with van der Waals surface area (Å²) in [5.74, 6) is 0.177. The quantitative estimate of drug-likeness (QED) is 0.179. The summed E-state index contributed by atoms with van der Waals surface area (Å²) in [4.78, 5) is 33.2. The van der Waals surface area contributed by atoms with E-state index in [1.807, 2.05) is 13.0 Å². The monoisotopic (exact) mass is 546 g/mol. The van der Waals surface area contributed by atoms with Crippen LogP contribution in [0.1, 0.15) is 24.1 Å². The van der Waals surface area contributed by atoms with E-state index in [4.69, 9.17) is 18.9 Å². The molecule has 1 fully saturated rings. The number of anilines is 1. The average molecular weight is 547 g/mol. The third-order valence-corrected chi connectivity index (χ3v) is 7.42. The third kappa shape index (κ3) is 4.63. The highest BCUT2D eigenvalue weighted by atomic mass is 32.1. The second-order valence-corrected chi connectivity index (χ2v) is 9.57. The number of rotatable bonds is 8. The van der Waals surface area contributed by atoms with Crippen molar-refractivity contribution in [1.29, 1.82) is 0 Å². The second kappa shape index (κ2) is 10.7. The van der Waals surface area contributed by atoms with Gasteiger partial charge in [0.05, 0.1) is 43.7 Å². The van der Waals surface area contributed by atoms with Crippen LogP contribution in [0.3, 0.4) is 0 Å². The number of ketones is 1. The van der Waals surface area contributed by atoms with Gasteiger partial charge in [0.15, 0.2) is 5.13 Å². The number of benzene rings is 3. The fraction of sp³-hybridized carbons (Fsp3) is 0.207. The Bertz CT molecular complexity index is 1590. The van der Waals surface area contributed by atoms with E-state index in [-0.39, 0.29) is 11.3 Å². The Hall–Kier alpha value is -4.57. The van der Waals surface area contributed by atoms with Gasteiger partial charge in [0.1, 0.15) is 34.8 Å². The van der Waals surface area contributed by atoms with Crippen molar-refractivity contribution < 1.29 is 33.6 Å². The minimum atomic E-state index is -1.04. The Morgan fingerprint density at radius 1 is 0.923 bits per heavy atom. The molecule has 1 saturated heterocycles. The van der Waals surface area contributed by atoms with E-state index in [2.05, 4.69) is 4.98 Å². The van der Waals surface area contributed by atoms with Gasteiger partial charge in [0.2, 0.25) is 0 Å². The number of amides is 1. The lowest BCUT2D eigenvalue weighted by Gasteiger charge is -2.25. The van der Waals surface area contributed by atoms with Crippen LogP contribution in [0.2, 0.25) is 0 Å². The molecule has 5 rings (SSSR count). The zero-order valence-corrected chi connectivity index (χ0v) is 22.6. The number of fused-ring (bicyclic) bond motifs is 1. The molecule has 1 unspecified atom stereocenters. The fourth-order valence-corrected chi connectivity index (χ4v) is 5.55. The van der Waals surface area contributed by atoms with E-state index < -0.39 is 17.7 Å². The van der Waals surface area contributed by atoms with E-state index in [0.717, 1.165) is 4.70 Å². The van der Waals surface area contributed by atoms with Crippen LogP contribution in [-0.4, -0.2) is 49.7 Å². The van der Waals surface area contributed by atoms with Crippen LogP contribution < -0.4 is 23.8 Å². The normalized spacial score (nSPS) is 16.5. The van der Waals surface area contributed by atoms with Crippen LogP contribution in [0.15, 0.2) is 66.2 Å². The number of ether oxygens (including phenoxy) is 4. The van der Waals surface area contributed by atoms with E-state index in [9.17, 15) is 14.7 Å². The number of carbonyl (C=O) groups is 2. The summed E-state index contributed by atoms with van der Waals surface area (Å²) >= 11 is 1.25. The van der Waals surface area contributed by atoms with Crippen LogP contribution in [0, 0.1) is 0 Å². The molecule has 2 heterocycles. The van der Waals surface area contributed by atoms with E-state index in [0.29, 0.717) is 51.4 Å². The smallest absolute Gasteiger partial charge is 0.301 e. The number of methoxy groups -OCH3 is 3. The van der Waals surface area contributed by atoms with Crippen molar-refractivity contribution in [2.45, 2.75) is 13.0 Å². The minimum Gasteiger partial charge on any atom is -0.507 e. The SMILES string of the molecule is CCOc1ccc2nc(N3C(=O)C(=O)/C(=C(/O)c4ccc(OC)cc4)C3c3cc(OC)ccc3OC)sc2c1. The van der Waals surface area contributed by atoms with Crippen molar-refractivity contribution in [2.75, 3.05) is 32.8 Å². The van der Waals surface area contributed by atoms with Gasteiger partial charge in [-0.1, -0.05) is 11.3 Å². The Balaban J connectivity index is 1.74. The first-order valence-corrected chi connectivity index (χ1v) is 12.9. The molecule has 0 saturated carbocycles. The van der Waals surface area contributed by atoms with Gasteiger partial charge in [-0.05, 0) is 67.6 Å². The maximum atomic E-state index is 13.6. The van der Waals surface area contributed by atoms with Crippen molar-refractivity contribution in [3.63, 3.8) is 0 Å². The fourth-order valence-electron chi connectivity index (χ4n) is 4.53. The Kier molecular flexibility index (Phi) is 7.12. The molecule has 1 aromatic heterocycles. The average Bonchev–Trinajstić information content (AvgIpc) is 3.49. The number of Topliss-reactive ketones (excluding diaryl/α,β-unsaturated/α-hetero) is 1. The van der Waals surface area contributed by atoms with Crippen molar-refractivity contribution in [2.24, 2.45) is 0 Å². The lowest BCUT2D eigenvalue weighted by molar-refractivity contribution is -0.132. The van der Waals surface area contributed by atoms with Gasteiger partial charge in [-0.3, -0.25) is 14.5 Å². The van der Waals surface area contributed by atoms with Crippen molar-refractivity contribution >= 4 is 44.1 Å². The molecule has 0 bridgehead atoms. The molecule has 0 aliphatic carbocycles. The maximum absolute atomic E-state index is 13.6. The zero-order valence-electron chi connectivity index (χ0n) is 21.8. The largest absolute Gasteiger partial charge is 0.507 e. The Morgan fingerprint density at radius 2 is 1.62 bits per heavy atom. The van der Waals surface area contributed by atoms with Crippen molar-refractivity contribution in [1.82, 2.24) is 4.98 Å². The van der Waals surface area contributed by atoms with E-state index in [1.165, 1.54) is 37.6 Å². The van der Waals surface area contributed by atoms with Gasteiger partial charge >= 0.3 is 5.91 Å². The maximum Gasteiger partial charge on any atom is 0.301 e. The van der Waals surface area contributed by atoms with Gasteiger partial charge in [-0.2, -0.15) is 0 Å². The summed E-state index contributed by atoms with van der Waals surface area (Å²) < 4.78 is 22.7. The highest BCUT2D eigenvalue weighted by Crippen LogP contribution is 2.47. The highest BCUT2D eigenvalue weighted by Gasteiger charge is 2.49. The molecule has 200 valence electrons. The Morgan fingerprint density at radius 3 is 2.28 bits per heavy atom. The minimum absolute atomic E-state index is 0.0917. The first-order valence-electron chi connectivity index (χ1n) is 12.1. The van der Waals surface area contributed by atoms with Crippen LogP contribution in [0.5, 0.6) is 23.0 Å². The van der Waals surface area contributed by atoms with Crippen LogP contribution in [0.4, 0.5) is 5.13 Å². The number of hydrogen-bond acceptors (Lipinski definition) is 9. The number of thiazole rings is 1. The summed E-state index contributed by atoms with van der Waals surface area (Å²) in [5, 5.41) is 11.7. The molecule has 1 N–H and O–H groups in total. The Labute approximate surface area is 228 Å². The number of aromatic nitrogens is 1. The van der Waals surface area contributed by atoms with Gasteiger partial charge in [0, 0.05) is 11.1 Å². The number of carbonyl (C=O) groups excluding carboxylic acids is 2. The summed E-state index contributed by atoms with van der Waals surface area (Å²) in [6, 6.07) is 16.1. The van der Waals surface area contributed by atoms with Crippen molar-refractivity contribution in [3.8, 4) is 23.0 Å². The lowest BCUT2D eigenvalue weighted by atomic mass is 9.94. The lowest BCUT2D eigenvalue weighted by Crippen LogP contribution is -2.29. The molecule has 3 aromatic carbocycles. The molecule has 4 aromatic rings. The standard InChI is InChI=1S/C29H26N2O7S/c1-5-38-19-10-12-21-23(15-19)39-29(30-21)31-25(20-14-18(36-3)11-13-22(20)37-4)24(27(33)28(31)34)26(32)16-6-8-17(35-2)9-7-16/h6-15,25,32H,5H2,1-4H3/b26-24+. The van der Waals surface area contributed by atoms with Gasteiger partial charge < -0.3 is 24.1 Å². The molecule has 0 radical (unpaired) electrons. The van der Waals surface area contributed by atoms with Gasteiger partial charge in [-0.25, -0.2) is 4.98 Å². The van der Waals surface area contributed by atoms with Gasteiger partial charge in [0.25, 0.3) is 5.78 Å². The number of aliphatic hydroxyl groups excluding tert-OH is 1. The number of nitrogens with zero attached hydrogens (tertiary/aromatic N) is 2. The molecular weight excluding hydrogens is 520 g/mol. The van der Waals surface area contributed by atoms with Crippen LogP contribution in [0.25, 0.3) is 16.0 Å². The molecule has 10 heteroatoms. The van der Waals surface area contributed by atoms with E-state index >= 15 is 0 Å². The first kappa shape index (κ1) is 26.1. The molecule has 1 aliphatic rings. The number of aliphatic hydroxyl groups is 1. The van der Waals surface area contributed by atoms with Crippen LogP contribution in [-0.2, 0) is 9.59 Å². The van der Waals surface area contributed by atoms with Gasteiger partial charge in [-0.15, -0.1) is 0 Å². The highest BCUT2D eigenvalue weighted by molar-refractivity contribution is 7.22. The molecule has 0 spiro atoms. The predicted octanol–water partition coefficient (Wildman–Crippen LogP) is 5.35. The van der Waals surface area contributed by atoms with Crippen molar-refractivity contribution in [3.05, 3.63) is 77.4 Å². The third-order valence-electron chi connectivity index (χ3n) is 6.41. The molecular formula is C29H26N2O7S. The predicted molar refractivity (Wildman–Crippen MR) is 148 cm³/mol. The van der Waals surface area contributed by atoms with Crippen LogP contribution >= 0.6 is 11.3 Å². The zero-order chi connectivity index (χ0) is 27.7. The molecule has 39 heavy (non-hydrogen) atoms. The second-order valence-electron chi connectivity index (χ2n) is 8.56. The molecule has 1 aliphatic heterocycles. The summed E-state index contributed by atoms with van der Waals surface area (Å²) in [5.41, 5.74) is 1.37. The first-order chi connectivity index (χ1) is 18.9. The number of hydrogen-bond donors (Lipinski definition) is 1. The van der Waals surface area contributed by atoms with E-state index in [1.54, 1.807) is 54.6 Å².